The molecule has 2 unspecified atom stereocenters. The molecule has 0 spiro atoms. The Morgan fingerprint density at radius 3 is 1.03 bits per heavy atom. The summed E-state index contributed by atoms with van der Waals surface area (Å²) in [7, 11) is 0. The van der Waals surface area contributed by atoms with Gasteiger partial charge in [0.05, 0.1) is 25.4 Å². The topological polar surface area (TPSA) is 95.9 Å². The Balaban J connectivity index is 3.35. The highest BCUT2D eigenvalue weighted by Gasteiger charge is 2.18. The first-order valence-electron chi connectivity index (χ1n) is 35.3. The Kier molecular flexibility index (Phi) is 65.9. The van der Waals surface area contributed by atoms with Crippen molar-refractivity contribution >= 4 is 11.9 Å². The van der Waals surface area contributed by atoms with Crippen LogP contribution in [0.3, 0.4) is 0 Å². The van der Waals surface area contributed by atoms with E-state index in [2.05, 4.69) is 43.5 Å². The molecule has 6 nitrogen and oxygen atoms in total. The fraction of sp³-hybridized carbons (Fsp3) is 0.889. The smallest absolute Gasteiger partial charge is 0.305 e. The van der Waals surface area contributed by atoms with E-state index in [1.54, 1.807) is 6.08 Å². The zero-order chi connectivity index (χ0) is 56.4. The number of aliphatic hydroxyl groups excluding tert-OH is 2. The summed E-state index contributed by atoms with van der Waals surface area (Å²) in [5, 5.41) is 23.2. The minimum absolute atomic E-state index is 0.00521. The van der Waals surface area contributed by atoms with Crippen LogP contribution in [0.15, 0.2) is 36.5 Å². The molecule has 460 valence electrons. The van der Waals surface area contributed by atoms with Crippen molar-refractivity contribution in [2.45, 2.75) is 398 Å². The standard InChI is InChI=1S/C72H137NO5/c1-3-5-7-9-11-13-15-17-18-34-37-41-44-48-52-56-60-64-70(75)69(68-74)73-71(76)65-61-57-53-49-45-42-38-35-32-30-28-26-24-22-20-19-21-23-25-27-29-31-33-36-39-43-47-51-55-59-63-67-78-72(77)66-62-58-54-50-46-40-16-14-12-10-8-6-4-2/h8,10,14,16,60,64,69-70,74-75H,3-7,9,11-13,15,17-59,61-63,65-68H2,1-2H3,(H,73,76)/b10-8-,16-14-,64-60+. The number of aliphatic hydroxyl groups is 2. The van der Waals surface area contributed by atoms with E-state index in [4.69, 9.17) is 4.74 Å². The Morgan fingerprint density at radius 1 is 0.359 bits per heavy atom. The molecule has 0 fully saturated rings. The number of amides is 1. The lowest BCUT2D eigenvalue weighted by Crippen LogP contribution is -2.45. The molecular weight excluding hydrogens is 959 g/mol. The lowest BCUT2D eigenvalue weighted by Gasteiger charge is -2.20. The fourth-order valence-corrected chi connectivity index (χ4v) is 11.0. The molecule has 0 bridgehead atoms. The van der Waals surface area contributed by atoms with E-state index in [0.717, 1.165) is 51.4 Å². The molecule has 0 aliphatic carbocycles. The molecule has 2 atom stereocenters. The van der Waals surface area contributed by atoms with E-state index in [0.29, 0.717) is 19.4 Å². The maximum absolute atomic E-state index is 12.5. The van der Waals surface area contributed by atoms with E-state index in [9.17, 15) is 19.8 Å². The van der Waals surface area contributed by atoms with Gasteiger partial charge < -0.3 is 20.3 Å². The highest BCUT2D eigenvalue weighted by molar-refractivity contribution is 5.76. The number of rotatable bonds is 66. The number of hydrogen-bond acceptors (Lipinski definition) is 5. The highest BCUT2D eigenvalue weighted by atomic mass is 16.5. The second-order valence-electron chi connectivity index (χ2n) is 24.2. The quantitative estimate of drug-likeness (QED) is 0.0320. The maximum Gasteiger partial charge on any atom is 0.305 e. The summed E-state index contributed by atoms with van der Waals surface area (Å²) in [6.07, 6.45) is 86.6. The maximum atomic E-state index is 12.5. The highest BCUT2D eigenvalue weighted by Crippen LogP contribution is 2.19. The second-order valence-corrected chi connectivity index (χ2v) is 24.2. The van der Waals surface area contributed by atoms with E-state index in [1.165, 1.54) is 308 Å². The lowest BCUT2D eigenvalue weighted by molar-refractivity contribution is -0.143. The second kappa shape index (κ2) is 67.6. The minimum atomic E-state index is -0.842. The van der Waals surface area contributed by atoms with Crippen molar-refractivity contribution < 1.29 is 24.5 Å². The Bertz CT molecular complexity index is 1260. The van der Waals surface area contributed by atoms with Crippen molar-refractivity contribution in [3.8, 4) is 0 Å². The third kappa shape index (κ3) is 63.3. The predicted molar refractivity (Wildman–Crippen MR) is 343 cm³/mol. The van der Waals surface area contributed by atoms with Crippen LogP contribution in [0.4, 0.5) is 0 Å². The average Bonchev–Trinajstić information content (AvgIpc) is 3.44. The van der Waals surface area contributed by atoms with Gasteiger partial charge in [-0.3, -0.25) is 9.59 Å². The summed E-state index contributed by atoms with van der Waals surface area (Å²) in [6, 6.07) is -0.625. The summed E-state index contributed by atoms with van der Waals surface area (Å²) in [5.41, 5.74) is 0. The number of carbonyl (C=O) groups is 2. The normalized spacial score (nSPS) is 12.7. The summed E-state index contributed by atoms with van der Waals surface area (Å²) in [5.74, 6) is -0.0558. The van der Waals surface area contributed by atoms with Gasteiger partial charge in [-0.15, -0.1) is 0 Å². The Hall–Kier alpha value is -1.92. The van der Waals surface area contributed by atoms with Crippen LogP contribution in [0, 0.1) is 0 Å². The van der Waals surface area contributed by atoms with Crippen LogP contribution < -0.4 is 5.32 Å². The molecule has 0 heterocycles. The summed E-state index contributed by atoms with van der Waals surface area (Å²) in [4.78, 5) is 24.5. The molecule has 0 saturated heterocycles. The molecule has 0 aromatic heterocycles. The van der Waals surface area contributed by atoms with E-state index in [1.807, 2.05) is 6.08 Å². The molecule has 0 aromatic rings. The first kappa shape index (κ1) is 76.1. The molecule has 0 saturated carbocycles. The average molecular weight is 1100 g/mol. The van der Waals surface area contributed by atoms with Crippen molar-refractivity contribution in [1.29, 1.82) is 0 Å². The Labute approximate surface area is 487 Å². The van der Waals surface area contributed by atoms with Crippen LogP contribution >= 0.6 is 0 Å². The predicted octanol–water partition coefficient (Wildman–Crippen LogP) is 22.7. The van der Waals surface area contributed by atoms with Crippen LogP contribution in [0.5, 0.6) is 0 Å². The van der Waals surface area contributed by atoms with Gasteiger partial charge in [-0.2, -0.15) is 0 Å². The largest absolute Gasteiger partial charge is 0.466 e. The van der Waals surface area contributed by atoms with Crippen LogP contribution in [0.25, 0.3) is 0 Å². The number of carbonyl (C=O) groups excluding carboxylic acids is 2. The van der Waals surface area contributed by atoms with Crippen LogP contribution in [-0.2, 0) is 14.3 Å². The van der Waals surface area contributed by atoms with Crippen LogP contribution in [0.1, 0.15) is 386 Å². The van der Waals surface area contributed by atoms with Crippen molar-refractivity contribution in [1.82, 2.24) is 5.32 Å². The van der Waals surface area contributed by atoms with E-state index < -0.39 is 12.1 Å². The summed E-state index contributed by atoms with van der Waals surface area (Å²) < 4.78 is 5.48. The van der Waals surface area contributed by atoms with Crippen molar-refractivity contribution in [3.63, 3.8) is 0 Å². The molecule has 6 heteroatoms. The van der Waals surface area contributed by atoms with Crippen molar-refractivity contribution in [3.05, 3.63) is 36.5 Å². The molecule has 0 rings (SSSR count). The fourth-order valence-electron chi connectivity index (χ4n) is 11.0. The Morgan fingerprint density at radius 2 is 0.667 bits per heavy atom. The van der Waals surface area contributed by atoms with Gasteiger partial charge in [-0.1, -0.05) is 352 Å². The number of hydrogen-bond donors (Lipinski definition) is 3. The third-order valence-corrected chi connectivity index (χ3v) is 16.4. The minimum Gasteiger partial charge on any atom is -0.466 e. The molecule has 1 amide bonds. The van der Waals surface area contributed by atoms with Crippen molar-refractivity contribution in [2.24, 2.45) is 0 Å². The first-order valence-corrected chi connectivity index (χ1v) is 35.3. The van der Waals surface area contributed by atoms with Gasteiger partial charge >= 0.3 is 5.97 Å². The van der Waals surface area contributed by atoms with Crippen LogP contribution in [0.2, 0.25) is 0 Å². The molecule has 78 heavy (non-hydrogen) atoms. The van der Waals surface area contributed by atoms with Gasteiger partial charge in [0.2, 0.25) is 5.91 Å². The van der Waals surface area contributed by atoms with Gasteiger partial charge in [-0.05, 0) is 57.8 Å². The first-order chi connectivity index (χ1) is 38.5. The van der Waals surface area contributed by atoms with Gasteiger partial charge in [0.1, 0.15) is 0 Å². The van der Waals surface area contributed by atoms with Gasteiger partial charge in [0.25, 0.3) is 0 Å². The number of esters is 1. The summed E-state index contributed by atoms with van der Waals surface area (Å²) in [6.45, 7) is 4.87. The zero-order valence-corrected chi connectivity index (χ0v) is 52.7. The van der Waals surface area contributed by atoms with E-state index >= 15 is 0 Å². The van der Waals surface area contributed by atoms with Crippen LogP contribution in [-0.4, -0.2) is 47.4 Å². The molecule has 0 aliphatic rings. The monoisotopic (exact) mass is 1100 g/mol. The SMILES string of the molecule is CCC/C=C\C/C=C\CCCCCCCC(=O)OCCCCCCCCCCCCCCCCCCCCCCCCCCCCCCCCCC(=O)NC(CO)C(O)/C=C/CCCCCCCCCCCCCCCCC. The molecule has 0 aromatic carbocycles. The zero-order valence-electron chi connectivity index (χ0n) is 52.7. The van der Waals surface area contributed by atoms with Crippen molar-refractivity contribution in [2.75, 3.05) is 13.2 Å². The molecule has 0 aliphatic heterocycles. The number of unbranched alkanes of at least 4 members (excludes halogenated alkanes) is 51. The molecule has 3 N–H and O–H groups in total. The third-order valence-electron chi connectivity index (χ3n) is 16.4. The number of ether oxygens (including phenoxy) is 1. The molecular formula is C72H137NO5. The lowest BCUT2D eigenvalue weighted by atomic mass is 10.0. The summed E-state index contributed by atoms with van der Waals surface area (Å²) >= 11 is 0. The van der Waals surface area contributed by atoms with Gasteiger partial charge in [0, 0.05) is 12.8 Å². The number of allylic oxidation sites excluding steroid dienone is 5. The number of nitrogens with one attached hydrogen (secondary N) is 1. The van der Waals surface area contributed by atoms with E-state index in [-0.39, 0.29) is 18.5 Å². The van der Waals surface area contributed by atoms with Gasteiger partial charge in [0.15, 0.2) is 0 Å². The molecule has 0 radical (unpaired) electrons. The van der Waals surface area contributed by atoms with Gasteiger partial charge in [-0.25, -0.2) is 0 Å².